The summed E-state index contributed by atoms with van der Waals surface area (Å²) < 4.78 is 29.5. The monoisotopic (exact) mass is 343 g/mol. The third kappa shape index (κ3) is 19.0. The zero-order valence-electron chi connectivity index (χ0n) is 15.0. The van der Waals surface area contributed by atoms with Crippen LogP contribution in [-0.2, 0) is 16.7 Å². The fourth-order valence-electron chi connectivity index (χ4n) is 2.40. The van der Waals surface area contributed by atoms with Gasteiger partial charge >= 0.3 is 0 Å². The van der Waals surface area contributed by atoms with E-state index in [9.17, 15) is 0 Å². The highest BCUT2D eigenvalue weighted by Crippen LogP contribution is 2.09. The number of nitrogens with zero attached hydrogens (tertiary/aromatic N) is 1. The number of rotatable bonds is 10. The van der Waals surface area contributed by atoms with Crippen molar-refractivity contribution in [2.24, 2.45) is 0 Å². The molecule has 1 heterocycles. The number of hydrogen-bond donors (Lipinski definition) is 0. The Morgan fingerprint density at radius 2 is 1.48 bits per heavy atom. The molecule has 1 aromatic heterocycles. The van der Waals surface area contributed by atoms with Gasteiger partial charge in [0.15, 0.2) is 12.4 Å². The summed E-state index contributed by atoms with van der Waals surface area (Å²) in [5.74, 6) is 0. The number of pyridine rings is 1. The third-order valence-corrected chi connectivity index (χ3v) is 3.53. The van der Waals surface area contributed by atoms with Crippen LogP contribution in [0.4, 0.5) is 0 Å². The predicted molar refractivity (Wildman–Crippen MR) is 94.2 cm³/mol. The molecular formula is C18H33NO3S. The second-order valence-corrected chi connectivity index (χ2v) is 7.56. The van der Waals surface area contributed by atoms with Crippen LogP contribution in [-0.4, -0.2) is 19.2 Å². The minimum Gasteiger partial charge on any atom is -0.748 e. The Morgan fingerprint density at radius 3 is 1.96 bits per heavy atom. The van der Waals surface area contributed by atoms with E-state index in [1.807, 2.05) is 0 Å². The van der Waals surface area contributed by atoms with Gasteiger partial charge in [0.25, 0.3) is 0 Å². The number of unbranched alkanes of at least 4 members (excludes halogenated alkanes) is 8. The van der Waals surface area contributed by atoms with E-state index in [4.69, 9.17) is 13.0 Å². The van der Waals surface area contributed by atoms with Crippen LogP contribution in [0, 0.1) is 6.92 Å². The first kappa shape index (κ1) is 22.1. The second-order valence-electron chi connectivity index (χ2n) is 6.15. The van der Waals surface area contributed by atoms with E-state index in [1.165, 1.54) is 69.9 Å². The summed E-state index contributed by atoms with van der Waals surface area (Å²) in [6, 6.07) is 4.30. The highest BCUT2D eigenvalue weighted by molar-refractivity contribution is 7.84. The number of aromatic nitrogens is 1. The molecule has 0 saturated carbocycles. The van der Waals surface area contributed by atoms with Gasteiger partial charge in [-0.2, -0.15) is 0 Å². The average Bonchev–Trinajstić information content (AvgIpc) is 2.44. The van der Waals surface area contributed by atoms with Gasteiger partial charge in [0.2, 0.25) is 0 Å². The Bertz CT molecular complexity index is 493. The zero-order valence-corrected chi connectivity index (χ0v) is 15.8. The van der Waals surface area contributed by atoms with E-state index in [-0.39, 0.29) is 0 Å². The Morgan fingerprint density at radius 1 is 1.00 bits per heavy atom. The van der Waals surface area contributed by atoms with Gasteiger partial charge in [-0.1, -0.05) is 51.9 Å². The van der Waals surface area contributed by atoms with Gasteiger partial charge in [0.1, 0.15) is 6.54 Å². The smallest absolute Gasteiger partial charge is 0.171 e. The normalized spacial score (nSPS) is 11.0. The molecule has 0 radical (unpaired) electrons. The minimum absolute atomic E-state index is 0.604. The van der Waals surface area contributed by atoms with E-state index in [1.54, 1.807) is 0 Å². The molecule has 23 heavy (non-hydrogen) atoms. The largest absolute Gasteiger partial charge is 0.748 e. The predicted octanol–water partition coefficient (Wildman–Crippen LogP) is 3.97. The zero-order chi connectivity index (χ0) is 17.6. The molecule has 1 aromatic rings. The standard InChI is InChI=1S/C17H30N.CH4O3S/c1-3-4-5-6-7-8-9-10-11-14-18-15-12-13-17(2)16-18;1-5(2,3)4/h12-13,15-16H,3-11,14H2,1-2H3;1H3,(H,2,3,4)/q+1;/p-1. The lowest BCUT2D eigenvalue weighted by molar-refractivity contribution is -0.697. The van der Waals surface area contributed by atoms with Crippen LogP contribution in [0.1, 0.15) is 70.3 Å². The van der Waals surface area contributed by atoms with Crippen LogP contribution in [0.2, 0.25) is 0 Å². The molecule has 0 aromatic carbocycles. The minimum atomic E-state index is -3.92. The van der Waals surface area contributed by atoms with Crippen molar-refractivity contribution in [3.8, 4) is 0 Å². The molecule has 1 rings (SSSR count). The van der Waals surface area contributed by atoms with Crippen molar-refractivity contribution in [3.63, 3.8) is 0 Å². The fraction of sp³-hybridized carbons (Fsp3) is 0.722. The molecule has 0 unspecified atom stereocenters. The second kappa shape index (κ2) is 13.5. The highest BCUT2D eigenvalue weighted by Gasteiger charge is 1.99. The Balaban J connectivity index is 0.000000841. The fourth-order valence-corrected chi connectivity index (χ4v) is 2.40. The number of aryl methyl sites for hydroxylation is 2. The first-order chi connectivity index (χ1) is 10.8. The van der Waals surface area contributed by atoms with Gasteiger partial charge < -0.3 is 4.55 Å². The topological polar surface area (TPSA) is 61.1 Å². The summed E-state index contributed by atoms with van der Waals surface area (Å²) in [5.41, 5.74) is 1.36. The molecular weight excluding hydrogens is 310 g/mol. The molecule has 0 bridgehead atoms. The SMILES string of the molecule is CCCCCCCCCCC[n+]1cccc(C)c1.CS(=O)(=O)[O-]. The van der Waals surface area contributed by atoms with Crippen LogP contribution in [0.15, 0.2) is 24.5 Å². The Labute approximate surface area is 142 Å². The maximum absolute atomic E-state index is 9.08. The molecule has 0 saturated heterocycles. The van der Waals surface area contributed by atoms with Crippen molar-refractivity contribution in [3.05, 3.63) is 30.1 Å². The van der Waals surface area contributed by atoms with Crippen molar-refractivity contribution >= 4 is 10.1 Å². The van der Waals surface area contributed by atoms with Gasteiger partial charge in [0.05, 0.1) is 10.1 Å². The summed E-state index contributed by atoms with van der Waals surface area (Å²) in [7, 11) is -3.92. The molecule has 0 amide bonds. The molecule has 4 nitrogen and oxygen atoms in total. The third-order valence-electron chi connectivity index (χ3n) is 3.53. The lowest BCUT2D eigenvalue weighted by Gasteiger charge is -2.01. The summed E-state index contributed by atoms with van der Waals surface area (Å²) in [6.07, 6.45) is 17.7. The van der Waals surface area contributed by atoms with E-state index in [0.717, 1.165) is 0 Å². The summed E-state index contributed by atoms with van der Waals surface area (Å²) in [6.45, 7) is 5.62. The van der Waals surface area contributed by atoms with E-state index < -0.39 is 10.1 Å². The first-order valence-electron chi connectivity index (χ1n) is 8.69. The summed E-state index contributed by atoms with van der Waals surface area (Å²) in [4.78, 5) is 0. The van der Waals surface area contributed by atoms with Gasteiger partial charge in [-0.25, -0.2) is 13.0 Å². The van der Waals surface area contributed by atoms with Gasteiger partial charge in [-0.15, -0.1) is 0 Å². The van der Waals surface area contributed by atoms with Crippen LogP contribution < -0.4 is 4.57 Å². The van der Waals surface area contributed by atoms with E-state index in [2.05, 4.69) is 42.9 Å². The summed E-state index contributed by atoms with van der Waals surface area (Å²) in [5, 5.41) is 0. The molecule has 0 atom stereocenters. The quantitative estimate of drug-likeness (QED) is 0.367. The summed E-state index contributed by atoms with van der Waals surface area (Å²) >= 11 is 0. The van der Waals surface area contributed by atoms with Crippen molar-refractivity contribution in [1.29, 1.82) is 0 Å². The molecule has 0 aliphatic carbocycles. The van der Waals surface area contributed by atoms with Crippen molar-refractivity contribution in [2.45, 2.75) is 78.2 Å². The number of hydrogen-bond acceptors (Lipinski definition) is 3. The molecule has 0 spiro atoms. The van der Waals surface area contributed by atoms with Crippen molar-refractivity contribution in [1.82, 2.24) is 0 Å². The molecule has 0 fully saturated rings. The van der Waals surface area contributed by atoms with Crippen LogP contribution in [0.3, 0.4) is 0 Å². The Kier molecular flexibility index (Phi) is 12.9. The first-order valence-corrected chi connectivity index (χ1v) is 10.5. The van der Waals surface area contributed by atoms with Gasteiger partial charge in [0, 0.05) is 24.3 Å². The molecule has 134 valence electrons. The van der Waals surface area contributed by atoms with Crippen LogP contribution >= 0.6 is 0 Å². The van der Waals surface area contributed by atoms with E-state index >= 15 is 0 Å². The van der Waals surface area contributed by atoms with Crippen molar-refractivity contribution < 1.29 is 17.5 Å². The Hall–Kier alpha value is -0.940. The highest BCUT2D eigenvalue weighted by atomic mass is 32.2. The maximum atomic E-state index is 9.08. The average molecular weight is 344 g/mol. The van der Waals surface area contributed by atoms with E-state index in [0.29, 0.717) is 6.26 Å². The molecule has 0 aliphatic rings. The molecule has 0 aliphatic heterocycles. The lowest BCUT2D eigenvalue weighted by atomic mass is 10.1. The van der Waals surface area contributed by atoms with Crippen molar-refractivity contribution in [2.75, 3.05) is 6.26 Å². The van der Waals surface area contributed by atoms with Crippen LogP contribution in [0.5, 0.6) is 0 Å². The lowest BCUT2D eigenvalue weighted by Crippen LogP contribution is -2.32. The maximum Gasteiger partial charge on any atom is 0.171 e. The van der Waals surface area contributed by atoms with Gasteiger partial charge in [-0.3, -0.25) is 0 Å². The van der Waals surface area contributed by atoms with Crippen LogP contribution in [0.25, 0.3) is 0 Å². The molecule has 0 N–H and O–H groups in total. The molecule has 5 heteroatoms. The van der Waals surface area contributed by atoms with Gasteiger partial charge in [-0.05, 0) is 19.4 Å².